The molecule has 1 amide bonds. The highest BCUT2D eigenvalue weighted by Gasteiger charge is 2.38. The summed E-state index contributed by atoms with van der Waals surface area (Å²) in [5, 5.41) is 10.5. The largest absolute Gasteiger partial charge is 0.481 e. The molecule has 5 nitrogen and oxygen atoms in total. The fraction of sp³-hybridized carbons (Fsp3) is 0.500. The van der Waals surface area contributed by atoms with Crippen molar-refractivity contribution in [2.75, 3.05) is 13.1 Å². The highest BCUT2D eigenvalue weighted by atomic mass is 32.1. The molecule has 2 rings (SSSR count). The predicted molar refractivity (Wildman–Crippen MR) is 67.1 cm³/mol. The fourth-order valence-corrected chi connectivity index (χ4v) is 3.03. The first-order valence-corrected chi connectivity index (χ1v) is 6.82. The number of carboxylic acids is 1. The number of hydrogen-bond donors (Lipinski definition) is 1. The Morgan fingerprint density at radius 1 is 1.50 bits per heavy atom. The molecule has 0 bridgehead atoms. The highest BCUT2D eigenvalue weighted by molar-refractivity contribution is 7.12. The summed E-state index contributed by atoms with van der Waals surface area (Å²) in [6, 6.07) is 1.30. The summed E-state index contributed by atoms with van der Waals surface area (Å²) in [5.74, 6) is -2.38. The van der Waals surface area contributed by atoms with Gasteiger partial charge in [-0.2, -0.15) is 8.78 Å². The Hall–Kier alpha value is -1.70. The molecule has 1 aromatic rings. The van der Waals surface area contributed by atoms with E-state index in [0.717, 1.165) is 11.3 Å². The summed E-state index contributed by atoms with van der Waals surface area (Å²) in [6.07, 6.45) is 0. The molecule has 110 valence electrons. The van der Waals surface area contributed by atoms with Crippen LogP contribution in [0.2, 0.25) is 0 Å². The Balaban J connectivity index is 2.13. The van der Waals surface area contributed by atoms with Gasteiger partial charge in [0.25, 0.3) is 5.91 Å². The summed E-state index contributed by atoms with van der Waals surface area (Å²) in [4.78, 5) is 24.7. The average molecular weight is 305 g/mol. The van der Waals surface area contributed by atoms with E-state index < -0.39 is 24.4 Å². The maximum absolute atomic E-state index is 12.2. The lowest BCUT2D eigenvalue weighted by atomic mass is 9.99. The number of likely N-dealkylation sites (tertiary alicyclic amines) is 1. The van der Waals surface area contributed by atoms with Gasteiger partial charge in [0.1, 0.15) is 10.6 Å². The zero-order valence-corrected chi connectivity index (χ0v) is 11.4. The van der Waals surface area contributed by atoms with Crippen LogP contribution in [0.4, 0.5) is 8.78 Å². The Bertz CT molecular complexity index is 519. The molecular weight excluding hydrogens is 292 g/mol. The van der Waals surface area contributed by atoms with Crippen molar-refractivity contribution in [3.05, 3.63) is 16.3 Å². The van der Waals surface area contributed by atoms with E-state index in [4.69, 9.17) is 5.11 Å². The zero-order valence-electron chi connectivity index (χ0n) is 10.6. The first-order valence-electron chi connectivity index (χ1n) is 5.94. The van der Waals surface area contributed by atoms with E-state index >= 15 is 0 Å². The van der Waals surface area contributed by atoms with Crippen LogP contribution in [0.15, 0.2) is 11.4 Å². The van der Waals surface area contributed by atoms with E-state index in [2.05, 4.69) is 4.74 Å². The molecule has 0 aromatic carbocycles. The summed E-state index contributed by atoms with van der Waals surface area (Å²) in [7, 11) is 0. The third kappa shape index (κ3) is 2.90. The molecule has 1 N–H and O–H groups in total. The molecule has 0 saturated carbocycles. The molecular formula is C12H13F2NO4S. The number of nitrogens with zero attached hydrogens (tertiary/aromatic N) is 1. The van der Waals surface area contributed by atoms with Crippen molar-refractivity contribution >= 4 is 23.2 Å². The van der Waals surface area contributed by atoms with Gasteiger partial charge in [-0.3, -0.25) is 9.59 Å². The van der Waals surface area contributed by atoms with Gasteiger partial charge >= 0.3 is 12.6 Å². The van der Waals surface area contributed by atoms with Crippen LogP contribution in [-0.2, 0) is 4.79 Å². The van der Waals surface area contributed by atoms with Crippen molar-refractivity contribution in [1.82, 2.24) is 4.90 Å². The minimum atomic E-state index is -3.00. The number of hydrogen-bond acceptors (Lipinski definition) is 4. The normalized spacial score (nSPS) is 22.3. The Kier molecular flexibility index (Phi) is 4.22. The van der Waals surface area contributed by atoms with E-state index in [1.54, 1.807) is 6.92 Å². The van der Waals surface area contributed by atoms with E-state index in [0.29, 0.717) is 6.54 Å². The van der Waals surface area contributed by atoms with Crippen LogP contribution < -0.4 is 4.74 Å². The molecule has 1 aromatic heterocycles. The van der Waals surface area contributed by atoms with Crippen molar-refractivity contribution in [2.45, 2.75) is 13.5 Å². The second-order valence-corrected chi connectivity index (χ2v) is 5.54. The molecule has 1 saturated heterocycles. The molecule has 2 atom stereocenters. The van der Waals surface area contributed by atoms with Gasteiger partial charge < -0.3 is 14.7 Å². The second-order valence-electron chi connectivity index (χ2n) is 4.62. The number of carboxylic acid groups (broad SMARTS) is 1. The Labute approximate surface area is 117 Å². The summed E-state index contributed by atoms with van der Waals surface area (Å²) >= 11 is 1.00. The topological polar surface area (TPSA) is 66.8 Å². The van der Waals surface area contributed by atoms with Crippen LogP contribution in [0.25, 0.3) is 0 Å². The standard InChI is InChI=1S/C12H13F2NO4S/c1-6-4-15(5-7(6)11(17)18)10(16)9-8(2-3-20-9)19-12(13)14/h2-3,6-7,12H,4-5H2,1H3,(H,17,18)/t6-,7-/m1/s1. The van der Waals surface area contributed by atoms with Crippen LogP contribution in [-0.4, -0.2) is 41.6 Å². The van der Waals surface area contributed by atoms with Gasteiger partial charge in [0.15, 0.2) is 0 Å². The molecule has 1 fully saturated rings. The van der Waals surface area contributed by atoms with Crippen molar-refractivity contribution in [3.8, 4) is 5.75 Å². The minimum Gasteiger partial charge on any atom is -0.481 e. The second kappa shape index (κ2) is 5.74. The minimum absolute atomic E-state index is 0.0727. The molecule has 0 unspecified atom stereocenters. The fourth-order valence-electron chi connectivity index (χ4n) is 2.24. The molecule has 1 aliphatic rings. The molecule has 20 heavy (non-hydrogen) atoms. The number of ether oxygens (including phenoxy) is 1. The van der Waals surface area contributed by atoms with E-state index in [9.17, 15) is 18.4 Å². The van der Waals surface area contributed by atoms with Gasteiger partial charge in [-0.25, -0.2) is 0 Å². The van der Waals surface area contributed by atoms with Crippen molar-refractivity contribution in [3.63, 3.8) is 0 Å². The number of rotatable bonds is 4. The average Bonchev–Trinajstić information content (AvgIpc) is 2.94. The number of aliphatic carboxylic acids is 1. The van der Waals surface area contributed by atoms with Crippen LogP contribution in [0.5, 0.6) is 5.75 Å². The summed E-state index contributed by atoms with van der Waals surface area (Å²) < 4.78 is 28.7. The van der Waals surface area contributed by atoms with E-state index in [1.807, 2.05) is 0 Å². The maximum Gasteiger partial charge on any atom is 0.387 e. The van der Waals surface area contributed by atoms with E-state index in [1.165, 1.54) is 16.3 Å². The third-order valence-electron chi connectivity index (χ3n) is 3.26. The highest BCUT2D eigenvalue weighted by Crippen LogP contribution is 2.31. The molecule has 0 radical (unpaired) electrons. The van der Waals surface area contributed by atoms with Crippen LogP contribution in [0.1, 0.15) is 16.6 Å². The Morgan fingerprint density at radius 2 is 2.20 bits per heavy atom. The van der Waals surface area contributed by atoms with Crippen molar-refractivity contribution in [1.29, 1.82) is 0 Å². The predicted octanol–water partition coefficient (Wildman–Crippen LogP) is 2.14. The number of halogens is 2. The number of carbonyl (C=O) groups is 2. The van der Waals surface area contributed by atoms with E-state index in [-0.39, 0.29) is 23.1 Å². The van der Waals surface area contributed by atoms with Crippen LogP contribution in [0, 0.1) is 11.8 Å². The van der Waals surface area contributed by atoms with Crippen molar-refractivity contribution in [2.24, 2.45) is 11.8 Å². The molecule has 0 spiro atoms. The molecule has 1 aliphatic heterocycles. The van der Waals surface area contributed by atoms with Crippen LogP contribution >= 0.6 is 11.3 Å². The zero-order chi connectivity index (χ0) is 14.9. The maximum atomic E-state index is 12.2. The molecule has 8 heteroatoms. The molecule has 0 aliphatic carbocycles. The lowest BCUT2D eigenvalue weighted by Crippen LogP contribution is -2.29. The quantitative estimate of drug-likeness (QED) is 0.925. The number of alkyl halides is 2. The van der Waals surface area contributed by atoms with Crippen LogP contribution in [0.3, 0.4) is 0 Å². The summed E-state index contributed by atoms with van der Waals surface area (Å²) in [6.45, 7) is -0.874. The van der Waals surface area contributed by atoms with Crippen molar-refractivity contribution < 1.29 is 28.2 Å². The lowest BCUT2D eigenvalue weighted by molar-refractivity contribution is -0.142. The Morgan fingerprint density at radius 3 is 2.75 bits per heavy atom. The lowest BCUT2D eigenvalue weighted by Gasteiger charge is -2.15. The third-order valence-corrected chi connectivity index (χ3v) is 4.14. The van der Waals surface area contributed by atoms with Gasteiger partial charge in [-0.15, -0.1) is 11.3 Å². The first-order chi connectivity index (χ1) is 9.40. The SMILES string of the molecule is C[C@@H]1CN(C(=O)c2sccc2OC(F)F)C[C@H]1C(=O)O. The van der Waals surface area contributed by atoms with Gasteiger partial charge in [0.2, 0.25) is 0 Å². The number of carbonyl (C=O) groups excluding carboxylic acids is 1. The van der Waals surface area contributed by atoms with Gasteiger partial charge in [0, 0.05) is 13.1 Å². The van der Waals surface area contributed by atoms with Gasteiger partial charge in [-0.1, -0.05) is 6.92 Å². The summed E-state index contributed by atoms with van der Waals surface area (Å²) in [5.41, 5.74) is 0. The first kappa shape index (κ1) is 14.7. The number of thiophene rings is 1. The smallest absolute Gasteiger partial charge is 0.387 e. The van der Waals surface area contributed by atoms with Gasteiger partial charge in [0.05, 0.1) is 5.92 Å². The van der Waals surface area contributed by atoms with Gasteiger partial charge in [-0.05, 0) is 17.4 Å². The number of amides is 1. The monoisotopic (exact) mass is 305 g/mol. The molecule has 2 heterocycles.